The van der Waals surface area contributed by atoms with E-state index >= 15 is 0 Å². The summed E-state index contributed by atoms with van der Waals surface area (Å²) in [6.07, 6.45) is 1.98. The maximum atomic E-state index is 13.4. The Morgan fingerprint density at radius 2 is 2.06 bits per heavy atom. The summed E-state index contributed by atoms with van der Waals surface area (Å²) >= 11 is 1.75. The average Bonchev–Trinajstić information content (AvgIpc) is 2.34. The fourth-order valence-electron chi connectivity index (χ4n) is 1.66. The van der Waals surface area contributed by atoms with Gasteiger partial charge < -0.3 is 5.32 Å². The van der Waals surface area contributed by atoms with Gasteiger partial charge in [-0.1, -0.05) is 26.7 Å². The van der Waals surface area contributed by atoms with Gasteiger partial charge in [0.05, 0.1) is 8.49 Å². The Balaban J connectivity index is 2.93. The van der Waals surface area contributed by atoms with Gasteiger partial charge in [0.15, 0.2) is 0 Å². The second-order valence-corrected chi connectivity index (χ2v) is 5.27. The van der Waals surface area contributed by atoms with Gasteiger partial charge in [0, 0.05) is 18.7 Å². The van der Waals surface area contributed by atoms with E-state index in [1.807, 2.05) is 0 Å². The van der Waals surface area contributed by atoms with E-state index in [9.17, 15) is 14.5 Å². The molecule has 0 aliphatic carbocycles. The van der Waals surface area contributed by atoms with Crippen molar-refractivity contribution in [1.82, 2.24) is 0 Å². The second kappa shape index (κ2) is 6.86. The van der Waals surface area contributed by atoms with Gasteiger partial charge in [-0.15, -0.1) is 0 Å². The van der Waals surface area contributed by atoms with E-state index in [-0.39, 0.29) is 14.9 Å². The lowest BCUT2D eigenvalue weighted by molar-refractivity contribution is -0.384. The average molecular weight is 366 g/mol. The Kier molecular flexibility index (Phi) is 5.77. The van der Waals surface area contributed by atoms with Crippen molar-refractivity contribution < 1.29 is 9.31 Å². The SMILES string of the molecule is CCC(CC)CNc1cc(F)c(I)cc1[N+](=O)[O-]. The van der Waals surface area contributed by atoms with Crippen LogP contribution in [-0.4, -0.2) is 11.5 Å². The fraction of sp³-hybridized carbons (Fsp3) is 0.500. The van der Waals surface area contributed by atoms with E-state index < -0.39 is 10.7 Å². The molecule has 0 radical (unpaired) electrons. The third-order valence-corrected chi connectivity index (χ3v) is 3.80. The van der Waals surface area contributed by atoms with E-state index in [1.54, 1.807) is 22.6 Å². The monoisotopic (exact) mass is 366 g/mol. The standard InChI is InChI=1S/C12H16FIN2O2/c1-3-8(4-2)7-15-11-5-9(13)10(14)6-12(11)16(17)18/h5-6,8,15H,3-4,7H2,1-2H3. The van der Waals surface area contributed by atoms with E-state index in [4.69, 9.17) is 0 Å². The van der Waals surface area contributed by atoms with Gasteiger partial charge in [-0.25, -0.2) is 4.39 Å². The Bertz CT molecular complexity index is 436. The molecule has 0 saturated carbocycles. The molecule has 4 nitrogen and oxygen atoms in total. The predicted molar refractivity (Wildman–Crippen MR) is 78.3 cm³/mol. The molecule has 0 unspecified atom stereocenters. The van der Waals surface area contributed by atoms with Crippen molar-refractivity contribution in [2.45, 2.75) is 26.7 Å². The number of nitrogens with zero attached hydrogens (tertiary/aromatic N) is 1. The Hall–Kier alpha value is -0.920. The van der Waals surface area contributed by atoms with Crippen molar-refractivity contribution in [3.05, 3.63) is 31.6 Å². The molecule has 0 fully saturated rings. The van der Waals surface area contributed by atoms with Gasteiger partial charge in [0.25, 0.3) is 5.69 Å². The van der Waals surface area contributed by atoms with Crippen LogP contribution in [-0.2, 0) is 0 Å². The molecule has 0 bridgehead atoms. The third-order valence-electron chi connectivity index (χ3n) is 2.97. The largest absolute Gasteiger partial charge is 0.379 e. The van der Waals surface area contributed by atoms with Crippen LogP contribution >= 0.6 is 22.6 Å². The van der Waals surface area contributed by atoms with Crippen LogP contribution < -0.4 is 5.32 Å². The zero-order valence-corrected chi connectivity index (χ0v) is 12.5. The number of halogens is 2. The molecule has 0 aliphatic rings. The summed E-state index contributed by atoms with van der Waals surface area (Å²) in [6, 6.07) is 2.45. The number of rotatable bonds is 6. The lowest BCUT2D eigenvalue weighted by Gasteiger charge is -2.14. The van der Waals surface area contributed by atoms with Crippen molar-refractivity contribution in [3.63, 3.8) is 0 Å². The molecule has 0 heterocycles. The van der Waals surface area contributed by atoms with Gasteiger partial charge in [0.1, 0.15) is 11.5 Å². The van der Waals surface area contributed by atoms with Crippen molar-refractivity contribution >= 4 is 34.0 Å². The number of nitro groups is 1. The van der Waals surface area contributed by atoms with Gasteiger partial charge in [-0.2, -0.15) is 0 Å². The summed E-state index contributed by atoms with van der Waals surface area (Å²) in [5.74, 6) is 0.000176. The molecular formula is C12H16FIN2O2. The summed E-state index contributed by atoms with van der Waals surface area (Å²) in [5, 5.41) is 13.9. The fourth-order valence-corrected chi connectivity index (χ4v) is 2.11. The van der Waals surface area contributed by atoms with Crippen LogP contribution in [0, 0.1) is 25.4 Å². The summed E-state index contributed by atoms with van der Waals surface area (Å²) in [5.41, 5.74) is 0.177. The molecule has 1 aromatic carbocycles. The van der Waals surface area contributed by atoms with Crippen LogP contribution in [0.15, 0.2) is 12.1 Å². The Morgan fingerprint density at radius 1 is 1.44 bits per heavy atom. The zero-order chi connectivity index (χ0) is 13.7. The van der Waals surface area contributed by atoms with Crippen LogP contribution in [0.2, 0.25) is 0 Å². The number of benzene rings is 1. The molecule has 18 heavy (non-hydrogen) atoms. The minimum atomic E-state index is -0.489. The summed E-state index contributed by atoms with van der Waals surface area (Å²) < 4.78 is 13.7. The predicted octanol–water partition coefficient (Wildman–Crippen LogP) is 4.19. The first-order valence-electron chi connectivity index (χ1n) is 5.86. The van der Waals surface area contributed by atoms with E-state index in [0.717, 1.165) is 12.8 Å². The number of hydrogen-bond acceptors (Lipinski definition) is 3. The van der Waals surface area contributed by atoms with Gasteiger partial charge in [-0.3, -0.25) is 10.1 Å². The number of nitrogens with one attached hydrogen (secondary N) is 1. The molecule has 1 N–H and O–H groups in total. The molecule has 0 atom stereocenters. The lowest BCUT2D eigenvalue weighted by Crippen LogP contribution is -2.14. The molecule has 0 amide bonds. The zero-order valence-electron chi connectivity index (χ0n) is 10.4. The van der Waals surface area contributed by atoms with Crippen molar-refractivity contribution in [3.8, 4) is 0 Å². The smallest absolute Gasteiger partial charge is 0.293 e. The Morgan fingerprint density at radius 3 is 2.56 bits per heavy atom. The first-order valence-corrected chi connectivity index (χ1v) is 6.94. The molecule has 0 aromatic heterocycles. The molecule has 6 heteroatoms. The van der Waals surface area contributed by atoms with Crippen LogP contribution in [0.3, 0.4) is 0 Å². The van der Waals surface area contributed by atoms with Crippen LogP contribution in [0.25, 0.3) is 0 Å². The molecule has 100 valence electrons. The first-order chi connectivity index (χ1) is 8.49. The molecule has 1 aromatic rings. The van der Waals surface area contributed by atoms with Crippen molar-refractivity contribution in [2.24, 2.45) is 5.92 Å². The van der Waals surface area contributed by atoms with E-state index in [2.05, 4.69) is 19.2 Å². The quantitative estimate of drug-likeness (QED) is 0.467. The summed E-state index contributed by atoms with van der Waals surface area (Å²) in [4.78, 5) is 10.4. The molecule has 0 spiro atoms. The van der Waals surface area contributed by atoms with Crippen LogP contribution in [0.4, 0.5) is 15.8 Å². The second-order valence-electron chi connectivity index (χ2n) is 4.10. The van der Waals surface area contributed by atoms with Crippen molar-refractivity contribution in [2.75, 3.05) is 11.9 Å². The van der Waals surface area contributed by atoms with Crippen LogP contribution in [0.5, 0.6) is 0 Å². The maximum absolute atomic E-state index is 13.4. The normalized spacial score (nSPS) is 10.7. The lowest BCUT2D eigenvalue weighted by atomic mass is 10.0. The number of hydrogen-bond donors (Lipinski definition) is 1. The highest BCUT2D eigenvalue weighted by Gasteiger charge is 2.17. The van der Waals surface area contributed by atoms with Crippen LogP contribution in [0.1, 0.15) is 26.7 Å². The highest BCUT2D eigenvalue weighted by atomic mass is 127. The number of anilines is 1. The number of nitro benzene ring substituents is 1. The molecule has 0 saturated heterocycles. The van der Waals surface area contributed by atoms with Gasteiger partial charge in [0.2, 0.25) is 0 Å². The highest BCUT2D eigenvalue weighted by Crippen LogP contribution is 2.29. The Labute approximate surface area is 119 Å². The maximum Gasteiger partial charge on any atom is 0.293 e. The highest BCUT2D eigenvalue weighted by molar-refractivity contribution is 14.1. The topological polar surface area (TPSA) is 55.2 Å². The first kappa shape index (κ1) is 15.1. The summed E-state index contributed by atoms with van der Waals surface area (Å²) in [6.45, 7) is 4.76. The minimum absolute atomic E-state index is 0.0771. The van der Waals surface area contributed by atoms with Gasteiger partial charge >= 0.3 is 0 Å². The van der Waals surface area contributed by atoms with Crippen molar-refractivity contribution in [1.29, 1.82) is 0 Å². The molecule has 0 aliphatic heterocycles. The minimum Gasteiger partial charge on any atom is -0.379 e. The van der Waals surface area contributed by atoms with E-state index in [0.29, 0.717) is 12.5 Å². The summed E-state index contributed by atoms with van der Waals surface area (Å²) in [7, 11) is 0. The van der Waals surface area contributed by atoms with Gasteiger partial charge in [-0.05, 0) is 28.5 Å². The molecule has 1 rings (SSSR count). The van der Waals surface area contributed by atoms with E-state index in [1.165, 1.54) is 12.1 Å². The molecular weight excluding hydrogens is 350 g/mol. The third kappa shape index (κ3) is 3.79.